The van der Waals surface area contributed by atoms with E-state index in [2.05, 4.69) is 0 Å². The topological polar surface area (TPSA) is 84.0 Å². The Kier molecular flexibility index (Phi) is 5.59. The number of nitrogens with zero attached hydrogens (tertiary/aromatic N) is 2. The molecule has 0 bridgehead atoms. The van der Waals surface area contributed by atoms with Gasteiger partial charge in [-0.2, -0.15) is 0 Å². The largest absolute Gasteiger partial charge is 0.465 e. The highest BCUT2D eigenvalue weighted by atomic mass is 32.2. The molecule has 7 nitrogen and oxygen atoms in total. The molecule has 1 fully saturated rings. The van der Waals surface area contributed by atoms with E-state index in [-0.39, 0.29) is 18.9 Å². The maximum atomic E-state index is 13.4. The van der Waals surface area contributed by atoms with E-state index in [4.69, 9.17) is 4.74 Å². The van der Waals surface area contributed by atoms with Crippen LogP contribution in [-0.4, -0.2) is 58.4 Å². The summed E-state index contributed by atoms with van der Waals surface area (Å²) in [5.41, 5.74) is 1.45. The van der Waals surface area contributed by atoms with Gasteiger partial charge in [0, 0.05) is 5.75 Å². The Morgan fingerprint density at radius 3 is 2.20 bits per heavy atom. The summed E-state index contributed by atoms with van der Waals surface area (Å²) in [7, 11) is 0. The second kappa shape index (κ2) is 8.31. The number of ether oxygens (including phenoxy) is 1. The summed E-state index contributed by atoms with van der Waals surface area (Å²) in [6.45, 7) is 1.64. The summed E-state index contributed by atoms with van der Waals surface area (Å²) in [5, 5.41) is -0.408. The molecule has 2 aliphatic heterocycles. The Balaban J connectivity index is 1.65. The lowest BCUT2D eigenvalue weighted by Crippen LogP contribution is -2.56. The van der Waals surface area contributed by atoms with E-state index in [1.54, 1.807) is 31.2 Å². The second-order valence-electron chi connectivity index (χ2n) is 6.91. The third kappa shape index (κ3) is 3.47. The molecule has 1 saturated heterocycles. The fourth-order valence-electron chi connectivity index (χ4n) is 3.73. The monoisotopic (exact) mass is 424 g/mol. The second-order valence-corrected chi connectivity index (χ2v) is 8.02. The number of carbonyl (C=O) groups is 4. The summed E-state index contributed by atoms with van der Waals surface area (Å²) in [5.74, 6) is -1.68. The van der Waals surface area contributed by atoms with Crippen molar-refractivity contribution in [3.8, 4) is 0 Å². The predicted octanol–water partition coefficient (Wildman–Crippen LogP) is 2.49. The highest BCUT2D eigenvalue weighted by Gasteiger charge is 2.48. The van der Waals surface area contributed by atoms with Gasteiger partial charge in [-0.15, -0.1) is 11.8 Å². The molecule has 0 saturated carbocycles. The Labute approximate surface area is 178 Å². The van der Waals surface area contributed by atoms with E-state index < -0.39 is 35.1 Å². The fourth-order valence-corrected chi connectivity index (χ4v) is 5.09. The Hall–Kier alpha value is -3.13. The van der Waals surface area contributed by atoms with Gasteiger partial charge in [0.05, 0.1) is 17.7 Å². The van der Waals surface area contributed by atoms with Crippen molar-refractivity contribution in [1.82, 2.24) is 9.80 Å². The minimum Gasteiger partial charge on any atom is -0.465 e. The number of amides is 3. The van der Waals surface area contributed by atoms with Crippen LogP contribution in [0.1, 0.15) is 38.6 Å². The minimum atomic E-state index is -0.975. The molecule has 2 heterocycles. The first kappa shape index (κ1) is 20.2. The van der Waals surface area contributed by atoms with E-state index in [1.165, 1.54) is 16.7 Å². The number of benzene rings is 2. The highest BCUT2D eigenvalue weighted by molar-refractivity contribution is 7.99. The molecule has 3 amide bonds. The minimum absolute atomic E-state index is 0.200. The lowest BCUT2D eigenvalue weighted by molar-refractivity contribution is -0.150. The summed E-state index contributed by atoms with van der Waals surface area (Å²) in [4.78, 5) is 53.8. The van der Waals surface area contributed by atoms with E-state index in [0.717, 1.165) is 10.5 Å². The summed E-state index contributed by atoms with van der Waals surface area (Å²) in [6, 6.07) is 14.9. The molecule has 4 rings (SSSR count). The maximum Gasteiger partial charge on any atom is 0.325 e. The van der Waals surface area contributed by atoms with E-state index in [9.17, 15) is 19.2 Å². The average Bonchev–Trinajstić information content (AvgIpc) is 3.01. The van der Waals surface area contributed by atoms with Crippen LogP contribution in [0.2, 0.25) is 0 Å². The third-order valence-electron chi connectivity index (χ3n) is 5.09. The van der Waals surface area contributed by atoms with Crippen LogP contribution in [0.5, 0.6) is 0 Å². The van der Waals surface area contributed by atoms with Crippen molar-refractivity contribution in [1.29, 1.82) is 0 Å². The van der Waals surface area contributed by atoms with Gasteiger partial charge in [-0.25, -0.2) is 0 Å². The molecule has 0 N–H and O–H groups in total. The number of hydrogen-bond donors (Lipinski definition) is 0. The van der Waals surface area contributed by atoms with Crippen LogP contribution in [0.25, 0.3) is 0 Å². The van der Waals surface area contributed by atoms with Gasteiger partial charge in [0.2, 0.25) is 5.91 Å². The zero-order chi connectivity index (χ0) is 21.3. The molecule has 0 aliphatic carbocycles. The number of imide groups is 1. The molecular weight excluding hydrogens is 404 g/mol. The van der Waals surface area contributed by atoms with E-state index in [1.807, 2.05) is 30.3 Å². The lowest BCUT2D eigenvalue weighted by Gasteiger charge is -2.40. The number of rotatable bonds is 5. The molecule has 30 heavy (non-hydrogen) atoms. The zero-order valence-corrected chi connectivity index (χ0v) is 17.1. The molecule has 2 aliphatic rings. The van der Waals surface area contributed by atoms with Crippen molar-refractivity contribution in [3.63, 3.8) is 0 Å². The predicted molar refractivity (Wildman–Crippen MR) is 111 cm³/mol. The first-order valence-electron chi connectivity index (χ1n) is 9.62. The molecule has 0 spiro atoms. The maximum absolute atomic E-state index is 13.4. The Bertz CT molecular complexity index is 975. The van der Waals surface area contributed by atoms with Gasteiger partial charge in [0.25, 0.3) is 11.8 Å². The molecule has 2 aromatic carbocycles. The number of thioether (sulfide) groups is 1. The summed E-state index contributed by atoms with van der Waals surface area (Å²) < 4.78 is 5.04. The third-order valence-corrected chi connectivity index (χ3v) is 6.44. The Morgan fingerprint density at radius 2 is 1.60 bits per heavy atom. The quantitative estimate of drug-likeness (QED) is 0.542. The van der Waals surface area contributed by atoms with Gasteiger partial charge < -0.3 is 9.64 Å². The zero-order valence-electron chi connectivity index (χ0n) is 16.3. The van der Waals surface area contributed by atoms with Crippen LogP contribution in [0.4, 0.5) is 0 Å². The van der Waals surface area contributed by atoms with Crippen LogP contribution in [0.15, 0.2) is 54.6 Å². The first-order valence-corrected chi connectivity index (χ1v) is 10.7. The molecular formula is C22H20N2O5S. The van der Waals surface area contributed by atoms with Crippen LogP contribution < -0.4 is 0 Å². The van der Waals surface area contributed by atoms with E-state index in [0.29, 0.717) is 11.1 Å². The van der Waals surface area contributed by atoms with E-state index >= 15 is 0 Å². The van der Waals surface area contributed by atoms with Crippen molar-refractivity contribution < 1.29 is 23.9 Å². The smallest absolute Gasteiger partial charge is 0.325 e. The molecule has 8 heteroatoms. The number of fused-ring (bicyclic) bond motifs is 1. The summed E-state index contributed by atoms with van der Waals surface area (Å²) in [6.07, 6.45) is 0. The van der Waals surface area contributed by atoms with Gasteiger partial charge in [-0.1, -0.05) is 42.5 Å². The highest BCUT2D eigenvalue weighted by Crippen LogP contribution is 2.40. The number of carbonyl (C=O) groups excluding carboxylic acids is 4. The lowest BCUT2D eigenvalue weighted by atomic mass is 10.1. The van der Waals surface area contributed by atoms with Gasteiger partial charge in [-0.05, 0) is 24.6 Å². The van der Waals surface area contributed by atoms with Gasteiger partial charge >= 0.3 is 5.97 Å². The Morgan fingerprint density at radius 1 is 1.00 bits per heavy atom. The standard InChI is InChI=1S/C22H20N2O5S/c1-2-29-18(25)12-23-21(28)17(13-30-22(23)14-8-4-3-5-9-14)24-19(26)15-10-6-7-11-16(15)20(24)27/h3-11,17,22H,2,12-13H2,1H3/t17-,22+/m0/s1. The molecule has 0 aromatic heterocycles. The van der Waals surface area contributed by atoms with Crippen molar-refractivity contribution >= 4 is 35.5 Å². The van der Waals surface area contributed by atoms with Crippen molar-refractivity contribution in [2.75, 3.05) is 18.9 Å². The fraction of sp³-hybridized carbons (Fsp3) is 0.273. The van der Waals surface area contributed by atoms with Crippen LogP contribution in [-0.2, 0) is 14.3 Å². The summed E-state index contributed by atoms with van der Waals surface area (Å²) >= 11 is 1.42. The van der Waals surface area contributed by atoms with Gasteiger partial charge in [0.15, 0.2) is 0 Å². The van der Waals surface area contributed by atoms with Crippen LogP contribution >= 0.6 is 11.8 Å². The first-order chi connectivity index (χ1) is 14.5. The van der Waals surface area contributed by atoms with Crippen molar-refractivity contribution in [3.05, 3.63) is 71.3 Å². The SMILES string of the molecule is CCOC(=O)CN1C(=O)[C@@H](N2C(=O)c3ccccc3C2=O)CS[C@@H]1c1ccccc1. The van der Waals surface area contributed by atoms with Crippen LogP contribution in [0, 0.1) is 0 Å². The molecule has 0 radical (unpaired) electrons. The van der Waals surface area contributed by atoms with Gasteiger partial charge in [-0.3, -0.25) is 24.1 Å². The molecule has 2 atom stereocenters. The normalized spacial score (nSPS) is 21.0. The molecule has 2 aromatic rings. The number of esters is 1. The number of hydrogen-bond acceptors (Lipinski definition) is 6. The average molecular weight is 424 g/mol. The molecule has 154 valence electrons. The van der Waals surface area contributed by atoms with Crippen molar-refractivity contribution in [2.24, 2.45) is 0 Å². The van der Waals surface area contributed by atoms with Crippen LogP contribution in [0.3, 0.4) is 0 Å². The van der Waals surface area contributed by atoms with Crippen molar-refractivity contribution in [2.45, 2.75) is 18.3 Å². The molecule has 0 unspecified atom stereocenters. The van der Waals surface area contributed by atoms with Gasteiger partial charge in [0.1, 0.15) is 18.0 Å².